The molecular weight excluding hydrogens is 352 g/mol. The lowest BCUT2D eigenvalue weighted by Crippen LogP contribution is -2.52. The Morgan fingerprint density at radius 3 is 2.75 bits per heavy atom. The molecule has 2 amide bonds. The van der Waals surface area contributed by atoms with Gasteiger partial charge >= 0.3 is 6.03 Å². The van der Waals surface area contributed by atoms with Gasteiger partial charge < -0.3 is 14.8 Å². The minimum atomic E-state index is 0.0562. The van der Waals surface area contributed by atoms with Crippen LogP contribution in [0.3, 0.4) is 0 Å². The topological polar surface area (TPSA) is 57.6 Å². The van der Waals surface area contributed by atoms with Gasteiger partial charge in [-0.1, -0.05) is 25.8 Å². The molecule has 4 heterocycles. The molecule has 3 aliphatic heterocycles. The van der Waals surface area contributed by atoms with Gasteiger partial charge in [-0.2, -0.15) is 0 Å². The number of hydrogen-bond donors (Lipinski definition) is 1. The van der Waals surface area contributed by atoms with Gasteiger partial charge in [0.1, 0.15) is 0 Å². The second-order valence-electron chi connectivity index (χ2n) is 8.83. The normalized spacial score (nSPS) is 24.7. The van der Waals surface area contributed by atoms with E-state index < -0.39 is 0 Å². The molecule has 1 aromatic rings. The van der Waals surface area contributed by atoms with Crippen LogP contribution in [0.4, 0.5) is 4.79 Å². The molecule has 2 fully saturated rings. The number of hydrogen-bond acceptors (Lipinski definition) is 3. The van der Waals surface area contributed by atoms with Crippen molar-refractivity contribution < 1.29 is 4.79 Å². The summed E-state index contributed by atoms with van der Waals surface area (Å²) in [5.74, 6) is 0.660. The van der Waals surface area contributed by atoms with Gasteiger partial charge in [-0.3, -0.25) is 9.69 Å². The predicted octanol–water partition coefficient (Wildman–Crippen LogP) is 2.76. The van der Waals surface area contributed by atoms with E-state index in [-0.39, 0.29) is 17.5 Å². The van der Waals surface area contributed by atoms with E-state index >= 15 is 0 Å². The second kappa shape index (κ2) is 8.68. The van der Waals surface area contributed by atoms with Crippen LogP contribution in [0, 0.1) is 5.92 Å². The van der Waals surface area contributed by atoms with Crippen molar-refractivity contribution in [3.05, 3.63) is 33.7 Å². The minimum absolute atomic E-state index is 0.0562. The van der Waals surface area contributed by atoms with Gasteiger partial charge in [-0.05, 0) is 50.8 Å². The highest BCUT2D eigenvalue weighted by atomic mass is 16.2. The summed E-state index contributed by atoms with van der Waals surface area (Å²) < 4.78 is 2.02. The number of aromatic nitrogens is 1. The maximum absolute atomic E-state index is 13.2. The number of carbonyl (C=O) groups is 1. The van der Waals surface area contributed by atoms with Crippen molar-refractivity contribution in [1.29, 1.82) is 0 Å². The lowest BCUT2D eigenvalue weighted by Gasteiger charge is -2.43. The third-order valence-corrected chi connectivity index (χ3v) is 6.62. The molecule has 0 aromatic carbocycles. The third kappa shape index (κ3) is 4.12. The summed E-state index contributed by atoms with van der Waals surface area (Å²) in [5.41, 5.74) is 2.24. The number of unbranched alkanes of at least 4 members (excludes halogenated alkanes) is 1. The Morgan fingerprint density at radius 1 is 1.14 bits per heavy atom. The number of nitrogens with zero attached hydrogens (tertiary/aromatic N) is 3. The maximum atomic E-state index is 13.2. The van der Waals surface area contributed by atoms with Crippen molar-refractivity contribution in [1.82, 2.24) is 19.7 Å². The average molecular weight is 387 g/mol. The number of urea groups is 1. The number of rotatable bonds is 5. The zero-order valence-corrected chi connectivity index (χ0v) is 17.2. The number of amides is 2. The van der Waals surface area contributed by atoms with E-state index in [4.69, 9.17) is 0 Å². The van der Waals surface area contributed by atoms with Gasteiger partial charge in [0.05, 0.1) is 0 Å². The molecule has 1 aromatic heterocycles. The quantitative estimate of drug-likeness (QED) is 0.792. The lowest BCUT2D eigenvalue weighted by molar-refractivity contribution is 0.130. The fraction of sp³-hybridized carbons (Fsp3) is 0.727. The molecule has 6 nitrogen and oxygen atoms in total. The number of carbonyl (C=O) groups excluding carboxylic acids is 1. The summed E-state index contributed by atoms with van der Waals surface area (Å²) in [6.07, 6.45) is 6.99. The van der Waals surface area contributed by atoms with Crippen LogP contribution < -0.4 is 10.9 Å². The van der Waals surface area contributed by atoms with E-state index in [2.05, 4.69) is 23.2 Å². The van der Waals surface area contributed by atoms with Crippen LogP contribution in [0.25, 0.3) is 0 Å². The summed E-state index contributed by atoms with van der Waals surface area (Å²) in [4.78, 5) is 30.0. The summed E-state index contributed by atoms with van der Waals surface area (Å²) in [6.45, 7) is 8.10. The van der Waals surface area contributed by atoms with Crippen LogP contribution in [-0.4, -0.2) is 53.1 Å². The van der Waals surface area contributed by atoms with Gasteiger partial charge in [0.2, 0.25) is 0 Å². The van der Waals surface area contributed by atoms with Crippen molar-refractivity contribution >= 4 is 6.03 Å². The Bertz CT molecular complexity index is 753. The summed E-state index contributed by atoms with van der Waals surface area (Å²) in [7, 11) is 0. The molecule has 0 saturated carbocycles. The highest BCUT2D eigenvalue weighted by molar-refractivity contribution is 5.74. The maximum Gasteiger partial charge on any atom is 0.317 e. The molecule has 154 valence electrons. The average Bonchev–Trinajstić information content (AvgIpc) is 2.71. The summed E-state index contributed by atoms with van der Waals surface area (Å²) in [6, 6.07) is 4.25. The van der Waals surface area contributed by atoms with Crippen LogP contribution in [0.1, 0.15) is 62.6 Å². The van der Waals surface area contributed by atoms with Crippen LogP contribution in [0.15, 0.2) is 16.9 Å². The fourth-order valence-electron chi connectivity index (χ4n) is 5.12. The van der Waals surface area contributed by atoms with Crippen molar-refractivity contribution in [2.24, 2.45) is 5.92 Å². The van der Waals surface area contributed by atoms with Gasteiger partial charge in [0.25, 0.3) is 5.56 Å². The third-order valence-electron chi connectivity index (χ3n) is 6.62. The molecule has 2 atom stereocenters. The first kappa shape index (κ1) is 19.5. The van der Waals surface area contributed by atoms with Crippen molar-refractivity contribution in [3.63, 3.8) is 0 Å². The standard InChI is InChI=1S/C22H34N4O2/c1-2-3-9-23-22(28)25-13-17-12-19(16-25)20-8-7-18(21(27)26(20)14-17)15-24-10-5-4-6-11-24/h7-8,17,19H,2-6,9-16H2,1H3,(H,23,28)/t17-,19+/m0/s1. The second-order valence-corrected chi connectivity index (χ2v) is 8.83. The highest BCUT2D eigenvalue weighted by Crippen LogP contribution is 2.35. The Balaban J connectivity index is 1.47. The number of nitrogens with one attached hydrogen (secondary N) is 1. The molecule has 3 aliphatic rings. The van der Waals surface area contributed by atoms with Gasteiger partial charge in [0.15, 0.2) is 0 Å². The molecule has 0 radical (unpaired) electrons. The van der Waals surface area contributed by atoms with E-state index in [0.717, 1.165) is 76.3 Å². The van der Waals surface area contributed by atoms with E-state index in [1.165, 1.54) is 19.3 Å². The summed E-state index contributed by atoms with van der Waals surface area (Å²) >= 11 is 0. The first-order valence-electron chi connectivity index (χ1n) is 11.1. The van der Waals surface area contributed by atoms with E-state index in [9.17, 15) is 9.59 Å². The first-order valence-corrected chi connectivity index (χ1v) is 11.1. The molecular formula is C22H34N4O2. The largest absolute Gasteiger partial charge is 0.338 e. The van der Waals surface area contributed by atoms with Crippen LogP contribution in [-0.2, 0) is 13.1 Å². The molecule has 1 N–H and O–H groups in total. The van der Waals surface area contributed by atoms with Crippen LogP contribution in [0.5, 0.6) is 0 Å². The Kier molecular flexibility index (Phi) is 6.04. The van der Waals surface area contributed by atoms with Gasteiger partial charge in [0, 0.05) is 49.9 Å². The smallest absolute Gasteiger partial charge is 0.317 e. The predicted molar refractivity (Wildman–Crippen MR) is 111 cm³/mol. The molecule has 4 rings (SSSR count). The number of fused-ring (bicyclic) bond motifs is 4. The highest BCUT2D eigenvalue weighted by Gasteiger charge is 2.36. The Morgan fingerprint density at radius 2 is 1.96 bits per heavy atom. The molecule has 2 saturated heterocycles. The van der Waals surface area contributed by atoms with Crippen molar-refractivity contribution in [2.75, 3.05) is 32.7 Å². The number of piperidine rings is 2. The van der Waals surface area contributed by atoms with Crippen molar-refractivity contribution in [3.8, 4) is 0 Å². The summed E-state index contributed by atoms with van der Waals surface area (Å²) in [5, 5.41) is 3.05. The Labute approximate surface area is 167 Å². The monoisotopic (exact) mass is 386 g/mol. The zero-order valence-electron chi connectivity index (χ0n) is 17.2. The molecule has 0 unspecified atom stereocenters. The Hall–Kier alpha value is -1.82. The van der Waals surface area contributed by atoms with Crippen LogP contribution >= 0.6 is 0 Å². The number of pyridine rings is 1. The van der Waals surface area contributed by atoms with Gasteiger partial charge in [-0.25, -0.2) is 4.79 Å². The fourth-order valence-corrected chi connectivity index (χ4v) is 5.12. The lowest BCUT2D eigenvalue weighted by atomic mass is 9.83. The SMILES string of the molecule is CCCCNC(=O)N1C[C@@H]2C[C@H](C1)c1ccc(CN3CCCCC3)c(=O)n1C2. The van der Waals surface area contributed by atoms with E-state index in [1.54, 1.807) is 0 Å². The number of likely N-dealkylation sites (tertiary alicyclic amines) is 2. The van der Waals surface area contributed by atoms with Gasteiger partial charge in [-0.15, -0.1) is 0 Å². The zero-order chi connectivity index (χ0) is 19.5. The minimum Gasteiger partial charge on any atom is -0.338 e. The molecule has 6 heteroatoms. The van der Waals surface area contributed by atoms with Crippen LogP contribution in [0.2, 0.25) is 0 Å². The molecule has 2 bridgehead atoms. The molecule has 0 aliphatic carbocycles. The van der Waals surface area contributed by atoms with E-state index in [1.807, 2.05) is 15.5 Å². The van der Waals surface area contributed by atoms with E-state index in [0.29, 0.717) is 5.92 Å². The van der Waals surface area contributed by atoms with Crippen molar-refractivity contribution in [2.45, 2.75) is 64.5 Å². The molecule has 0 spiro atoms. The first-order chi connectivity index (χ1) is 13.7. The molecule has 28 heavy (non-hydrogen) atoms.